The molecule has 1 heterocycles. The molecule has 0 saturated heterocycles. The Morgan fingerprint density at radius 3 is 2.50 bits per heavy atom. The van der Waals surface area contributed by atoms with Gasteiger partial charge in [0.15, 0.2) is 0 Å². The van der Waals surface area contributed by atoms with Gasteiger partial charge in [0.2, 0.25) is 0 Å². The lowest BCUT2D eigenvalue weighted by atomic mass is 10.1. The first-order chi connectivity index (χ1) is 8.69. The first-order valence-electron chi connectivity index (χ1n) is 5.67. The van der Waals surface area contributed by atoms with E-state index in [9.17, 15) is 4.79 Å². The maximum absolute atomic E-state index is 11.9. The average Bonchev–Trinajstić information content (AvgIpc) is 2.82. The van der Waals surface area contributed by atoms with Gasteiger partial charge >= 0.3 is 0 Å². The number of rotatable bonds is 4. The molecule has 18 heavy (non-hydrogen) atoms. The van der Waals surface area contributed by atoms with Crippen molar-refractivity contribution < 1.29 is 4.79 Å². The zero-order valence-electron chi connectivity index (χ0n) is 10.1. The van der Waals surface area contributed by atoms with Crippen LogP contribution >= 0.6 is 22.9 Å². The van der Waals surface area contributed by atoms with Crippen molar-refractivity contribution in [2.75, 3.05) is 0 Å². The molecular weight excluding hydrogens is 266 g/mol. The average molecular weight is 280 g/mol. The molecule has 0 aliphatic heterocycles. The first-order valence-corrected chi connectivity index (χ1v) is 7.02. The number of amides is 1. The second-order valence-corrected chi connectivity index (χ2v) is 5.67. The summed E-state index contributed by atoms with van der Waals surface area (Å²) in [6.07, 6.45) is 0. The van der Waals surface area contributed by atoms with E-state index >= 15 is 0 Å². The van der Waals surface area contributed by atoms with E-state index in [0.29, 0.717) is 18.0 Å². The van der Waals surface area contributed by atoms with Crippen molar-refractivity contribution in [3.63, 3.8) is 0 Å². The molecule has 0 spiro atoms. The highest BCUT2D eigenvalue weighted by Crippen LogP contribution is 2.14. The molecule has 0 bridgehead atoms. The Kier molecular flexibility index (Phi) is 4.39. The van der Waals surface area contributed by atoms with Gasteiger partial charge < -0.3 is 5.32 Å². The molecule has 0 fully saturated rings. The summed E-state index contributed by atoms with van der Waals surface area (Å²) in [6, 6.07) is 11.4. The van der Waals surface area contributed by atoms with Gasteiger partial charge in [-0.2, -0.15) is 0 Å². The third-order valence-corrected chi connectivity index (χ3v) is 3.90. The molecule has 0 unspecified atom stereocenters. The highest BCUT2D eigenvalue weighted by Gasteiger charge is 2.05. The number of aryl methyl sites for hydroxylation is 1. The second-order valence-electron chi connectivity index (χ2n) is 4.03. The van der Waals surface area contributed by atoms with Crippen molar-refractivity contribution in [3.05, 3.63) is 57.3 Å². The van der Waals surface area contributed by atoms with Crippen molar-refractivity contribution in [1.82, 2.24) is 5.32 Å². The topological polar surface area (TPSA) is 29.1 Å². The molecule has 0 aliphatic rings. The summed E-state index contributed by atoms with van der Waals surface area (Å²) < 4.78 is 0. The van der Waals surface area contributed by atoms with Gasteiger partial charge in [-0.1, -0.05) is 12.1 Å². The Balaban J connectivity index is 1.94. The predicted octanol–water partition coefficient (Wildman–Crippen LogP) is 3.73. The van der Waals surface area contributed by atoms with Crippen LogP contribution in [0.25, 0.3) is 0 Å². The van der Waals surface area contributed by atoms with Gasteiger partial charge in [-0.15, -0.1) is 22.9 Å². The quantitative estimate of drug-likeness (QED) is 0.849. The smallest absolute Gasteiger partial charge is 0.251 e. The molecular formula is C14H14ClNOS. The van der Waals surface area contributed by atoms with Gasteiger partial charge in [0.05, 0.1) is 6.54 Å². The van der Waals surface area contributed by atoms with E-state index < -0.39 is 0 Å². The van der Waals surface area contributed by atoms with Gasteiger partial charge in [0.1, 0.15) is 0 Å². The molecule has 1 amide bonds. The Hall–Kier alpha value is -1.32. The summed E-state index contributed by atoms with van der Waals surface area (Å²) in [7, 11) is 0. The Morgan fingerprint density at radius 2 is 1.94 bits per heavy atom. The van der Waals surface area contributed by atoms with Crippen LogP contribution in [0.1, 0.15) is 25.7 Å². The summed E-state index contributed by atoms with van der Waals surface area (Å²) in [5, 5.41) is 2.90. The van der Waals surface area contributed by atoms with Crippen LogP contribution in [0.15, 0.2) is 36.4 Å². The summed E-state index contributed by atoms with van der Waals surface area (Å²) >= 11 is 7.40. The fourth-order valence-electron chi connectivity index (χ4n) is 1.59. The Morgan fingerprint density at radius 1 is 1.22 bits per heavy atom. The van der Waals surface area contributed by atoms with Crippen LogP contribution in [0.4, 0.5) is 0 Å². The molecule has 2 nitrogen and oxygen atoms in total. The van der Waals surface area contributed by atoms with Crippen LogP contribution in [0, 0.1) is 6.92 Å². The number of carbonyl (C=O) groups excluding carboxylic acids is 1. The van der Waals surface area contributed by atoms with E-state index in [1.54, 1.807) is 23.5 Å². The van der Waals surface area contributed by atoms with Crippen LogP contribution < -0.4 is 5.32 Å². The van der Waals surface area contributed by atoms with Crippen molar-refractivity contribution in [2.45, 2.75) is 19.3 Å². The minimum atomic E-state index is -0.0535. The molecule has 1 aromatic carbocycles. The molecule has 1 N–H and O–H groups in total. The maximum Gasteiger partial charge on any atom is 0.251 e. The summed E-state index contributed by atoms with van der Waals surface area (Å²) in [4.78, 5) is 14.3. The van der Waals surface area contributed by atoms with Crippen LogP contribution in [0.3, 0.4) is 0 Å². The third-order valence-electron chi connectivity index (χ3n) is 2.59. The van der Waals surface area contributed by atoms with Crippen molar-refractivity contribution in [2.24, 2.45) is 0 Å². The largest absolute Gasteiger partial charge is 0.347 e. The van der Waals surface area contributed by atoms with E-state index in [4.69, 9.17) is 11.6 Å². The monoisotopic (exact) mass is 279 g/mol. The van der Waals surface area contributed by atoms with Gasteiger partial charge in [-0.3, -0.25) is 4.79 Å². The molecule has 2 aromatic rings. The minimum Gasteiger partial charge on any atom is -0.347 e. The number of nitrogens with one attached hydrogen (secondary N) is 1. The lowest BCUT2D eigenvalue weighted by Crippen LogP contribution is -2.22. The highest BCUT2D eigenvalue weighted by atomic mass is 35.5. The molecule has 4 heteroatoms. The summed E-state index contributed by atoms with van der Waals surface area (Å²) in [6.45, 7) is 2.63. The molecule has 0 atom stereocenters. The molecule has 1 aromatic heterocycles. The minimum absolute atomic E-state index is 0.0535. The van der Waals surface area contributed by atoms with E-state index in [1.807, 2.05) is 18.2 Å². The normalized spacial score (nSPS) is 10.3. The zero-order valence-corrected chi connectivity index (χ0v) is 11.6. The van der Waals surface area contributed by atoms with E-state index in [2.05, 4.69) is 18.3 Å². The van der Waals surface area contributed by atoms with Gasteiger partial charge in [-0.25, -0.2) is 0 Å². The standard InChI is InChI=1S/C14H14ClNOS/c1-10-2-7-13(18-10)9-16-14(17)12-5-3-11(8-15)4-6-12/h2-7H,8-9H2,1H3,(H,16,17). The Labute approximate surface area is 116 Å². The highest BCUT2D eigenvalue weighted by molar-refractivity contribution is 7.11. The molecule has 94 valence electrons. The van der Waals surface area contributed by atoms with Gasteiger partial charge in [0.25, 0.3) is 5.91 Å². The predicted molar refractivity (Wildman–Crippen MR) is 76.2 cm³/mol. The van der Waals surface area contributed by atoms with E-state index in [-0.39, 0.29) is 5.91 Å². The summed E-state index contributed by atoms with van der Waals surface area (Å²) in [5.74, 6) is 0.415. The van der Waals surface area contributed by atoms with Crippen LogP contribution in [0.5, 0.6) is 0 Å². The number of carbonyl (C=O) groups is 1. The molecule has 2 rings (SSSR count). The Bertz CT molecular complexity index is 533. The number of hydrogen-bond acceptors (Lipinski definition) is 2. The van der Waals surface area contributed by atoms with Crippen LogP contribution in [-0.4, -0.2) is 5.91 Å². The number of benzene rings is 1. The lowest BCUT2D eigenvalue weighted by molar-refractivity contribution is 0.0951. The summed E-state index contributed by atoms with van der Waals surface area (Å²) in [5.41, 5.74) is 1.68. The van der Waals surface area contributed by atoms with Gasteiger partial charge in [-0.05, 0) is 36.8 Å². The number of hydrogen-bond donors (Lipinski definition) is 1. The second kappa shape index (κ2) is 6.03. The van der Waals surface area contributed by atoms with Crippen molar-refractivity contribution >= 4 is 28.8 Å². The fourth-order valence-corrected chi connectivity index (χ4v) is 2.60. The lowest BCUT2D eigenvalue weighted by Gasteiger charge is -2.04. The first kappa shape index (κ1) is 13.1. The van der Waals surface area contributed by atoms with Crippen LogP contribution in [-0.2, 0) is 12.4 Å². The van der Waals surface area contributed by atoms with Crippen LogP contribution in [0.2, 0.25) is 0 Å². The van der Waals surface area contributed by atoms with E-state index in [0.717, 1.165) is 5.56 Å². The van der Waals surface area contributed by atoms with E-state index in [1.165, 1.54) is 9.75 Å². The maximum atomic E-state index is 11.9. The van der Waals surface area contributed by atoms with Crippen molar-refractivity contribution in [3.8, 4) is 0 Å². The zero-order chi connectivity index (χ0) is 13.0. The third kappa shape index (κ3) is 3.34. The number of halogens is 1. The van der Waals surface area contributed by atoms with Gasteiger partial charge in [0, 0.05) is 21.2 Å². The number of alkyl halides is 1. The van der Waals surface area contributed by atoms with Crippen molar-refractivity contribution in [1.29, 1.82) is 0 Å². The fraction of sp³-hybridized carbons (Fsp3) is 0.214. The number of thiophene rings is 1. The SMILES string of the molecule is Cc1ccc(CNC(=O)c2ccc(CCl)cc2)s1. The molecule has 0 aliphatic carbocycles. The molecule has 0 radical (unpaired) electrons. The molecule has 0 saturated carbocycles.